The molecule has 2 atom stereocenters. The molecule has 0 spiro atoms. The molecule has 0 radical (unpaired) electrons. The van der Waals surface area contributed by atoms with Crippen molar-refractivity contribution in [2.45, 2.75) is 26.2 Å². The summed E-state index contributed by atoms with van der Waals surface area (Å²) < 4.78 is 0. The van der Waals surface area contributed by atoms with Crippen molar-refractivity contribution in [1.82, 2.24) is 0 Å². The molecule has 98 valence electrons. The molecule has 1 aromatic rings. The average Bonchev–Trinajstić information content (AvgIpc) is 2.84. The lowest BCUT2D eigenvalue weighted by Gasteiger charge is -2.18. The summed E-state index contributed by atoms with van der Waals surface area (Å²) in [7, 11) is 0. The molecule has 0 aromatic heterocycles. The summed E-state index contributed by atoms with van der Waals surface area (Å²) in [5.74, 6) is 1.12. The Labute approximate surface area is 108 Å². The van der Waals surface area contributed by atoms with Crippen molar-refractivity contribution in [1.29, 1.82) is 0 Å². The van der Waals surface area contributed by atoms with Crippen molar-refractivity contribution in [2.75, 3.05) is 18.5 Å². The molecule has 1 saturated carbocycles. The second kappa shape index (κ2) is 6.01. The van der Waals surface area contributed by atoms with E-state index in [4.69, 9.17) is 0 Å². The molecule has 2 rings (SSSR count). The third kappa shape index (κ3) is 3.10. The number of benzene rings is 1. The Bertz CT molecular complexity index is 399. The number of hydrogen-bond donors (Lipinski definition) is 2. The van der Waals surface area contributed by atoms with Gasteiger partial charge in [-0.05, 0) is 55.9 Å². The highest BCUT2D eigenvalue weighted by molar-refractivity contribution is 5.94. The molecule has 2 unspecified atom stereocenters. The number of rotatable bonds is 5. The van der Waals surface area contributed by atoms with Crippen LogP contribution in [0.5, 0.6) is 0 Å². The summed E-state index contributed by atoms with van der Waals surface area (Å²) in [6.45, 7) is 2.78. The molecule has 2 N–H and O–H groups in total. The maximum atomic E-state index is 11.2. The van der Waals surface area contributed by atoms with Gasteiger partial charge in [-0.1, -0.05) is 6.42 Å². The minimum atomic E-state index is 0.0951. The molecule has 0 bridgehead atoms. The molecule has 0 aliphatic heterocycles. The van der Waals surface area contributed by atoms with Crippen LogP contribution in [0.25, 0.3) is 0 Å². The predicted octanol–water partition coefficient (Wildman–Crippen LogP) is 2.71. The van der Waals surface area contributed by atoms with Gasteiger partial charge < -0.3 is 10.4 Å². The zero-order valence-electron chi connectivity index (χ0n) is 10.9. The van der Waals surface area contributed by atoms with Gasteiger partial charge in [-0.15, -0.1) is 0 Å². The SMILES string of the molecule is CC(=O)c1ccc(NCC2CCCC2CO)cc1. The first-order valence-corrected chi connectivity index (χ1v) is 6.66. The zero-order chi connectivity index (χ0) is 13.0. The molecule has 1 fully saturated rings. The zero-order valence-corrected chi connectivity index (χ0v) is 10.9. The van der Waals surface area contributed by atoms with E-state index < -0.39 is 0 Å². The summed E-state index contributed by atoms with van der Waals surface area (Å²) >= 11 is 0. The summed E-state index contributed by atoms with van der Waals surface area (Å²) in [5.41, 5.74) is 1.79. The molecule has 0 heterocycles. The van der Waals surface area contributed by atoms with Crippen LogP contribution < -0.4 is 5.32 Å². The Balaban J connectivity index is 1.88. The van der Waals surface area contributed by atoms with Crippen LogP contribution >= 0.6 is 0 Å². The van der Waals surface area contributed by atoms with E-state index in [0.29, 0.717) is 18.4 Å². The fourth-order valence-electron chi connectivity index (χ4n) is 2.69. The summed E-state index contributed by atoms with van der Waals surface area (Å²) in [6, 6.07) is 7.59. The molecule has 0 saturated heterocycles. The number of carbonyl (C=O) groups is 1. The molecule has 1 aliphatic carbocycles. The number of ketones is 1. The Morgan fingerprint density at radius 3 is 2.56 bits per heavy atom. The monoisotopic (exact) mass is 247 g/mol. The highest BCUT2D eigenvalue weighted by Gasteiger charge is 2.26. The van der Waals surface area contributed by atoms with Gasteiger partial charge in [0, 0.05) is 24.4 Å². The van der Waals surface area contributed by atoms with E-state index in [9.17, 15) is 9.90 Å². The molecule has 1 aliphatic rings. The van der Waals surface area contributed by atoms with Crippen molar-refractivity contribution < 1.29 is 9.90 Å². The molecular formula is C15H21NO2. The lowest BCUT2D eigenvalue weighted by atomic mass is 9.97. The van der Waals surface area contributed by atoms with E-state index >= 15 is 0 Å². The lowest BCUT2D eigenvalue weighted by molar-refractivity contribution is 0.101. The number of aliphatic hydroxyl groups excluding tert-OH is 1. The van der Waals surface area contributed by atoms with E-state index in [0.717, 1.165) is 24.2 Å². The summed E-state index contributed by atoms with van der Waals surface area (Å²) in [6.07, 6.45) is 3.57. The van der Waals surface area contributed by atoms with E-state index in [1.165, 1.54) is 12.8 Å². The van der Waals surface area contributed by atoms with E-state index in [1.54, 1.807) is 6.92 Å². The van der Waals surface area contributed by atoms with Gasteiger partial charge in [-0.25, -0.2) is 0 Å². The molecule has 3 heteroatoms. The standard InChI is InChI=1S/C15H21NO2/c1-11(18)12-5-7-15(8-6-12)16-9-13-3-2-4-14(13)10-17/h5-8,13-14,16-17H,2-4,9-10H2,1H3. The third-order valence-corrected chi connectivity index (χ3v) is 3.91. The first kappa shape index (κ1) is 13.1. The van der Waals surface area contributed by atoms with Crippen LogP contribution in [0, 0.1) is 11.8 Å². The summed E-state index contributed by atoms with van der Waals surface area (Å²) in [5, 5.41) is 12.7. The molecule has 0 amide bonds. The average molecular weight is 247 g/mol. The van der Waals surface area contributed by atoms with Crippen molar-refractivity contribution in [2.24, 2.45) is 11.8 Å². The fourth-order valence-corrected chi connectivity index (χ4v) is 2.69. The predicted molar refractivity (Wildman–Crippen MR) is 72.9 cm³/mol. The van der Waals surface area contributed by atoms with Crippen LogP contribution in [0.15, 0.2) is 24.3 Å². The number of anilines is 1. The van der Waals surface area contributed by atoms with E-state index in [2.05, 4.69) is 5.32 Å². The van der Waals surface area contributed by atoms with Gasteiger partial charge in [0.15, 0.2) is 5.78 Å². The van der Waals surface area contributed by atoms with Gasteiger partial charge in [0.1, 0.15) is 0 Å². The maximum absolute atomic E-state index is 11.2. The second-order valence-corrected chi connectivity index (χ2v) is 5.15. The van der Waals surface area contributed by atoms with Gasteiger partial charge in [-0.2, -0.15) is 0 Å². The normalized spacial score (nSPS) is 23.0. The molecular weight excluding hydrogens is 226 g/mol. The quantitative estimate of drug-likeness (QED) is 0.786. The number of Topliss-reactive ketones (excluding diaryl/α,β-unsaturated/α-hetero) is 1. The highest BCUT2D eigenvalue weighted by atomic mass is 16.3. The number of hydrogen-bond acceptors (Lipinski definition) is 3. The van der Waals surface area contributed by atoms with Crippen LogP contribution in [-0.2, 0) is 0 Å². The first-order valence-electron chi connectivity index (χ1n) is 6.66. The maximum Gasteiger partial charge on any atom is 0.159 e. The van der Waals surface area contributed by atoms with Crippen LogP contribution in [0.2, 0.25) is 0 Å². The van der Waals surface area contributed by atoms with Crippen molar-refractivity contribution in [3.63, 3.8) is 0 Å². The van der Waals surface area contributed by atoms with Crippen molar-refractivity contribution in [3.8, 4) is 0 Å². The van der Waals surface area contributed by atoms with Crippen molar-refractivity contribution in [3.05, 3.63) is 29.8 Å². The largest absolute Gasteiger partial charge is 0.396 e. The Morgan fingerprint density at radius 1 is 1.28 bits per heavy atom. The lowest BCUT2D eigenvalue weighted by Crippen LogP contribution is -2.20. The van der Waals surface area contributed by atoms with Crippen LogP contribution in [0.3, 0.4) is 0 Å². The van der Waals surface area contributed by atoms with Crippen molar-refractivity contribution >= 4 is 11.5 Å². The Morgan fingerprint density at radius 2 is 1.94 bits per heavy atom. The third-order valence-electron chi connectivity index (χ3n) is 3.91. The highest BCUT2D eigenvalue weighted by Crippen LogP contribution is 2.31. The van der Waals surface area contributed by atoms with Gasteiger partial charge in [0.05, 0.1) is 0 Å². The minimum absolute atomic E-state index is 0.0951. The van der Waals surface area contributed by atoms with Gasteiger partial charge in [0.2, 0.25) is 0 Å². The fraction of sp³-hybridized carbons (Fsp3) is 0.533. The molecule has 3 nitrogen and oxygen atoms in total. The van der Waals surface area contributed by atoms with Gasteiger partial charge in [-0.3, -0.25) is 4.79 Å². The van der Waals surface area contributed by atoms with Crippen LogP contribution in [0.4, 0.5) is 5.69 Å². The molecule has 1 aromatic carbocycles. The van der Waals surface area contributed by atoms with Gasteiger partial charge in [0.25, 0.3) is 0 Å². The Kier molecular flexibility index (Phi) is 4.37. The first-order chi connectivity index (χ1) is 8.70. The number of aliphatic hydroxyl groups is 1. The Hall–Kier alpha value is -1.35. The minimum Gasteiger partial charge on any atom is -0.396 e. The summed E-state index contributed by atoms with van der Waals surface area (Å²) in [4.78, 5) is 11.2. The smallest absolute Gasteiger partial charge is 0.159 e. The number of carbonyl (C=O) groups excluding carboxylic acids is 1. The van der Waals surface area contributed by atoms with E-state index in [-0.39, 0.29) is 5.78 Å². The second-order valence-electron chi connectivity index (χ2n) is 5.15. The molecule has 18 heavy (non-hydrogen) atoms. The van der Waals surface area contributed by atoms with E-state index in [1.807, 2.05) is 24.3 Å². The number of nitrogens with one attached hydrogen (secondary N) is 1. The van der Waals surface area contributed by atoms with Crippen LogP contribution in [-0.4, -0.2) is 24.0 Å². The topological polar surface area (TPSA) is 49.3 Å². The van der Waals surface area contributed by atoms with Crippen LogP contribution in [0.1, 0.15) is 36.5 Å². The van der Waals surface area contributed by atoms with Gasteiger partial charge >= 0.3 is 0 Å².